The Hall–Kier alpha value is -1.39. The van der Waals surface area contributed by atoms with E-state index in [1.165, 1.54) is 0 Å². The molecule has 0 saturated carbocycles. The fraction of sp³-hybridized carbons (Fsp3) is 0.812. The number of imide groups is 1. The Morgan fingerprint density at radius 3 is 1.76 bits per heavy atom. The van der Waals surface area contributed by atoms with E-state index < -0.39 is 23.7 Å². The van der Waals surface area contributed by atoms with Crippen LogP contribution >= 0.6 is 0 Å². The van der Waals surface area contributed by atoms with Gasteiger partial charge in [0, 0.05) is 12.8 Å². The van der Waals surface area contributed by atoms with Crippen LogP contribution < -0.4 is 0 Å². The predicted molar refractivity (Wildman–Crippen MR) is 78.7 cm³/mol. The Kier molecular flexibility index (Phi) is 4.86. The minimum absolute atomic E-state index is 0.0396. The molecular formula is C16H27NO4. The van der Waals surface area contributed by atoms with Crippen molar-refractivity contribution in [3.8, 4) is 0 Å². The third kappa shape index (κ3) is 4.05. The van der Waals surface area contributed by atoms with Gasteiger partial charge in [0.05, 0.1) is 5.92 Å². The Morgan fingerprint density at radius 2 is 1.43 bits per heavy atom. The average Bonchev–Trinajstić information content (AvgIpc) is 2.57. The monoisotopic (exact) mass is 297 g/mol. The highest BCUT2D eigenvalue weighted by Gasteiger charge is 2.44. The fourth-order valence-corrected chi connectivity index (χ4v) is 2.61. The molecule has 2 unspecified atom stereocenters. The lowest BCUT2D eigenvalue weighted by Gasteiger charge is -2.40. The highest BCUT2D eigenvalue weighted by Crippen LogP contribution is 2.42. The van der Waals surface area contributed by atoms with E-state index in [0.717, 1.165) is 0 Å². The average molecular weight is 297 g/mol. The Bertz CT molecular complexity index is 426. The SMILES string of the molecule is CC(C(C(=O)ON1C(=O)CCC1=O)C(C)(C)C)C(C)(C)C. The quantitative estimate of drug-likeness (QED) is 0.751. The molecule has 1 aliphatic rings. The molecule has 1 aliphatic heterocycles. The molecule has 5 heteroatoms. The van der Waals surface area contributed by atoms with Gasteiger partial charge in [0.2, 0.25) is 0 Å². The van der Waals surface area contributed by atoms with E-state index in [4.69, 9.17) is 4.84 Å². The lowest BCUT2D eigenvalue weighted by molar-refractivity contribution is -0.205. The van der Waals surface area contributed by atoms with Gasteiger partial charge < -0.3 is 4.84 Å². The van der Waals surface area contributed by atoms with Crippen molar-refractivity contribution in [1.82, 2.24) is 5.06 Å². The molecule has 0 aromatic carbocycles. The lowest BCUT2D eigenvalue weighted by Crippen LogP contribution is -2.44. The molecule has 0 spiro atoms. The molecule has 1 heterocycles. The highest BCUT2D eigenvalue weighted by atomic mass is 16.7. The molecule has 0 bridgehead atoms. The minimum Gasteiger partial charge on any atom is -0.330 e. The van der Waals surface area contributed by atoms with Crippen LogP contribution in [0.5, 0.6) is 0 Å². The maximum Gasteiger partial charge on any atom is 0.337 e. The molecule has 1 saturated heterocycles. The summed E-state index contributed by atoms with van der Waals surface area (Å²) in [6.45, 7) is 14.1. The van der Waals surface area contributed by atoms with Gasteiger partial charge in [-0.3, -0.25) is 9.59 Å². The molecule has 1 fully saturated rings. The van der Waals surface area contributed by atoms with Gasteiger partial charge in [-0.2, -0.15) is 0 Å². The van der Waals surface area contributed by atoms with Crippen LogP contribution in [0.15, 0.2) is 0 Å². The number of carbonyl (C=O) groups excluding carboxylic acids is 3. The Labute approximate surface area is 127 Å². The molecular weight excluding hydrogens is 270 g/mol. The normalized spacial score (nSPS) is 19.7. The van der Waals surface area contributed by atoms with E-state index in [0.29, 0.717) is 5.06 Å². The van der Waals surface area contributed by atoms with Crippen LogP contribution in [0.25, 0.3) is 0 Å². The van der Waals surface area contributed by atoms with Crippen molar-refractivity contribution >= 4 is 17.8 Å². The summed E-state index contributed by atoms with van der Waals surface area (Å²) in [6.07, 6.45) is 0.224. The number of nitrogens with zero attached hydrogens (tertiary/aromatic N) is 1. The van der Waals surface area contributed by atoms with E-state index in [1.54, 1.807) is 0 Å². The molecule has 0 N–H and O–H groups in total. The van der Waals surface area contributed by atoms with Crippen molar-refractivity contribution < 1.29 is 19.2 Å². The zero-order valence-corrected chi connectivity index (χ0v) is 14.1. The maximum absolute atomic E-state index is 12.6. The van der Waals surface area contributed by atoms with Crippen molar-refractivity contribution in [3.05, 3.63) is 0 Å². The number of carbonyl (C=O) groups is 3. The van der Waals surface area contributed by atoms with Crippen LogP contribution in [-0.4, -0.2) is 22.8 Å². The van der Waals surface area contributed by atoms with Gasteiger partial charge in [-0.1, -0.05) is 48.5 Å². The molecule has 0 aliphatic carbocycles. The first-order valence-electron chi connectivity index (χ1n) is 7.43. The summed E-state index contributed by atoms with van der Waals surface area (Å²) in [7, 11) is 0. The molecule has 1 rings (SSSR count). The van der Waals surface area contributed by atoms with Crippen LogP contribution in [0, 0.1) is 22.7 Å². The summed E-state index contributed by atoms with van der Waals surface area (Å²) in [4.78, 5) is 40.9. The first kappa shape index (κ1) is 17.7. The van der Waals surface area contributed by atoms with E-state index in [2.05, 4.69) is 20.8 Å². The number of hydroxylamine groups is 2. The maximum atomic E-state index is 12.6. The Morgan fingerprint density at radius 1 is 1.00 bits per heavy atom. The summed E-state index contributed by atoms with van der Waals surface area (Å²) in [5.41, 5.74) is -0.411. The summed E-state index contributed by atoms with van der Waals surface area (Å²) in [5.74, 6) is -1.75. The zero-order chi connectivity index (χ0) is 16.6. The van der Waals surface area contributed by atoms with E-state index in [9.17, 15) is 14.4 Å². The lowest BCUT2D eigenvalue weighted by atomic mass is 9.65. The summed E-state index contributed by atoms with van der Waals surface area (Å²) < 4.78 is 0. The molecule has 120 valence electrons. The van der Waals surface area contributed by atoms with Gasteiger partial charge in [-0.25, -0.2) is 4.79 Å². The van der Waals surface area contributed by atoms with Crippen molar-refractivity contribution in [2.45, 2.75) is 61.3 Å². The van der Waals surface area contributed by atoms with Gasteiger partial charge in [-0.05, 0) is 16.7 Å². The first-order chi connectivity index (χ1) is 9.35. The number of hydrogen-bond acceptors (Lipinski definition) is 4. The summed E-state index contributed by atoms with van der Waals surface area (Å²) >= 11 is 0. The molecule has 2 amide bonds. The molecule has 0 aromatic rings. The molecule has 21 heavy (non-hydrogen) atoms. The van der Waals surface area contributed by atoms with Crippen LogP contribution in [0.4, 0.5) is 0 Å². The second kappa shape index (κ2) is 5.78. The second-order valence-corrected chi connectivity index (χ2v) is 7.99. The van der Waals surface area contributed by atoms with Crippen LogP contribution in [0.2, 0.25) is 0 Å². The van der Waals surface area contributed by atoms with Crippen LogP contribution in [0.1, 0.15) is 61.3 Å². The van der Waals surface area contributed by atoms with Gasteiger partial charge in [0.15, 0.2) is 0 Å². The van der Waals surface area contributed by atoms with Crippen molar-refractivity contribution in [3.63, 3.8) is 0 Å². The molecule has 0 aromatic heterocycles. The molecule has 2 atom stereocenters. The van der Waals surface area contributed by atoms with E-state index in [1.807, 2.05) is 27.7 Å². The van der Waals surface area contributed by atoms with Gasteiger partial charge in [0.1, 0.15) is 0 Å². The zero-order valence-electron chi connectivity index (χ0n) is 14.1. The topological polar surface area (TPSA) is 63.7 Å². The van der Waals surface area contributed by atoms with Gasteiger partial charge >= 0.3 is 5.97 Å². The smallest absolute Gasteiger partial charge is 0.330 e. The van der Waals surface area contributed by atoms with Crippen molar-refractivity contribution in [2.24, 2.45) is 22.7 Å². The molecule has 0 radical (unpaired) electrons. The third-order valence-electron chi connectivity index (χ3n) is 4.24. The number of amides is 2. The number of rotatable bonds is 3. The highest BCUT2D eigenvalue weighted by molar-refractivity contribution is 6.01. The third-order valence-corrected chi connectivity index (χ3v) is 4.24. The van der Waals surface area contributed by atoms with Crippen molar-refractivity contribution in [1.29, 1.82) is 0 Å². The van der Waals surface area contributed by atoms with Gasteiger partial charge in [0.25, 0.3) is 11.8 Å². The minimum atomic E-state index is -0.506. The number of hydrogen-bond donors (Lipinski definition) is 0. The van der Waals surface area contributed by atoms with Crippen molar-refractivity contribution in [2.75, 3.05) is 0 Å². The van der Waals surface area contributed by atoms with E-state index >= 15 is 0 Å². The predicted octanol–water partition coefficient (Wildman–Crippen LogP) is 2.94. The van der Waals surface area contributed by atoms with Crippen LogP contribution in [-0.2, 0) is 19.2 Å². The second-order valence-electron chi connectivity index (χ2n) is 7.99. The Balaban J connectivity index is 2.97. The van der Waals surface area contributed by atoms with Gasteiger partial charge in [-0.15, -0.1) is 5.06 Å². The van der Waals surface area contributed by atoms with E-state index in [-0.39, 0.29) is 29.6 Å². The summed E-state index contributed by atoms with van der Waals surface area (Å²) in [6, 6.07) is 0. The fourth-order valence-electron chi connectivity index (χ4n) is 2.61. The standard InChI is InChI=1S/C16H27NO4/c1-10(15(2,3)4)13(16(5,6)7)14(20)21-17-11(18)8-9-12(17)19/h10,13H,8-9H2,1-7H3. The summed E-state index contributed by atoms with van der Waals surface area (Å²) in [5, 5.41) is 0.635. The van der Waals surface area contributed by atoms with Crippen LogP contribution in [0.3, 0.4) is 0 Å². The molecule has 5 nitrogen and oxygen atoms in total. The first-order valence-corrected chi connectivity index (χ1v) is 7.43. The largest absolute Gasteiger partial charge is 0.337 e.